The van der Waals surface area contributed by atoms with Crippen LogP contribution in [0.1, 0.15) is 15.9 Å². The van der Waals surface area contributed by atoms with Crippen LogP contribution in [0.5, 0.6) is 0 Å². The molecule has 1 aromatic heterocycles. The number of pyridine rings is 1. The number of hydrogen-bond donors (Lipinski definition) is 0. The molecule has 8 heteroatoms. The summed E-state index contributed by atoms with van der Waals surface area (Å²) in [7, 11) is 0.505. The zero-order valence-corrected chi connectivity index (χ0v) is 16.5. The molecule has 1 aromatic carbocycles. The van der Waals surface area contributed by atoms with Crippen LogP contribution in [0.3, 0.4) is 0 Å². The number of aryl methyl sites for hydroxylation is 2. The second-order valence-corrected chi connectivity index (χ2v) is 9.85. The van der Waals surface area contributed by atoms with Gasteiger partial charge in [0.15, 0.2) is 9.84 Å². The van der Waals surface area contributed by atoms with Gasteiger partial charge in [0.05, 0.1) is 23.1 Å². The van der Waals surface area contributed by atoms with Gasteiger partial charge in [0.1, 0.15) is 5.56 Å². The molecule has 144 valence electrons. The van der Waals surface area contributed by atoms with E-state index in [9.17, 15) is 18.0 Å². The predicted molar refractivity (Wildman–Crippen MR) is 104 cm³/mol. The third-order valence-corrected chi connectivity index (χ3v) is 7.49. The SMILES string of the molecule is Cc1ccc2c(c1)c(=O)c(C(=O)N1CCN(C)[C@@H]3CS(=O)(=O)C[C@@H]31)cn2C. The summed E-state index contributed by atoms with van der Waals surface area (Å²) >= 11 is 0. The summed E-state index contributed by atoms with van der Waals surface area (Å²) in [4.78, 5) is 29.9. The molecule has 0 N–H and O–H groups in total. The van der Waals surface area contributed by atoms with Crippen LogP contribution in [0.4, 0.5) is 0 Å². The van der Waals surface area contributed by atoms with Gasteiger partial charge in [-0.2, -0.15) is 0 Å². The van der Waals surface area contributed by atoms with Crippen LogP contribution < -0.4 is 5.43 Å². The van der Waals surface area contributed by atoms with Gasteiger partial charge in [-0.1, -0.05) is 11.6 Å². The number of carbonyl (C=O) groups excluding carboxylic acids is 1. The maximum absolute atomic E-state index is 13.3. The van der Waals surface area contributed by atoms with Gasteiger partial charge in [-0.05, 0) is 26.1 Å². The van der Waals surface area contributed by atoms with Crippen LogP contribution in [0.15, 0.2) is 29.2 Å². The minimum Gasteiger partial charge on any atom is -0.350 e. The van der Waals surface area contributed by atoms with Crippen LogP contribution in [0, 0.1) is 6.92 Å². The molecule has 2 aliphatic rings. The highest BCUT2D eigenvalue weighted by molar-refractivity contribution is 7.91. The predicted octanol–water partition coefficient (Wildman–Crippen LogP) is 0.400. The minimum atomic E-state index is -3.19. The lowest BCUT2D eigenvalue weighted by atomic mass is 10.0. The van der Waals surface area contributed by atoms with E-state index in [-0.39, 0.29) is 34.4 Å². The summed E-state index contributed by atoms with van der Waals surface area (Å²) in [6.45, 7) is 2.91. The zero-order valence-electron chi connectivity index (χ0n) is 15.7. The number of piperazine rings is 1. The lowest BCUT2D eigenvalue weighted by molar-refractivity contribution is 0.0408. The molecule has 0 unspecified atom stereocenters. The number of sulfone groups is 1. The van der Waals surface area contributed by atoms with Crippen molar-refractivity contribution in [3.63, 3.8) is 0 Å². The quantitative estimate of drug-likeness (QED) is 0.705. The molecule has 2 aliphatic heterocycles. The highest BCUT2D eigenvalue weighted by Gasteiger charge is 2.47. The number of benzene rings is 1. The van der Waals surface area contributed by atoms with Crippen LogP contribution in [0.2, 0.25) is 0 Å². The number of amides is 1. The Morgan fingerprint density at radius 3 is 2.56 bits per heavy atom. The molecule has 2 atom stereocenters. The topological polar surface area (TPSA) is 79.7 Å². The molecule has 0 bridgehead atoms. The molecule has 2 aromatic rings. The molecule has 27 heavy (non-hydrogen) atoms. The third kappa shape index (κ3) is 2.96. The third-order valence-electron chi connectivity index (χ3n) is 5.79. The summed E-state index contributed by atoms with van der Waals surface area (Å²) in [5.74, 6) is -0.354. The van der Waals surface area contributed by atoms with E-state index in [2.05, 4.69) is 0 Å². The first kappa shape index (κ1) is 18.2. The van der Waals surface area contributed by atoms with Crippen LogP contribution in [0.25, 0.3) is 10.9 Å². The van der Waals surface area contributed by atoms with Crippen molar-refractivity contribution in [1.82, 2.24) is 14.4 Å². The van der Waals surface area contributed by atoms with Gasteiger partial charge in [0, 0.05) is 37.8 Å². The molecule has 0 saturated carbocycles. The Labute approximate surface area is 158 Å². The van der Waals surface area contributed by atoms with E-state index in [4.69, 9.17) is 0 Å². The van der Waals surface area contributed by atoms with Crippen molar-refractivity contribution in [2.24, 2.45) is 7.05 Å². The molecule has 0 radical (unpaired) electrons. The smallest absolute Gasteiger partial charge is 0.259 e. The maximum atomic E-state index is 13.3. The van der Waals surface area contributed by atoms with E-state index in [1.54, 1.807) is 28.8 Å². The molecular formula is C19H23N3O4S. The van der Waals surface area contributed by atoms with Crippen LogP contribution in [-0.4, -0.2) is 72.4 Å². The van der Waals surface area contributed by atoms with Gasteiger partial charge in [0.25, 0.3) is 5.91 Å². The van der Waals surface area contributed by atoms with E-state index >= 15 is 0 Å². The van der Waals surface area contributed by atoms with Gasteiger partial charge >= 0.3 is 0 Å². The maximum Gasteiger partial charge on any atom is 0.259 e. The monoisotopic (exact) mass is 389 g/mol. The number of carbonyl (C=O) groups is 1. The Kier molecular flexibility index (Phi) is 4.16. The standard InChI is InChI=1S/C19H23N3O4S/c1-12-4-5-15-13(8-12)18(23)14(9-21(15)3)19(24)22-7-6-20(2)16-10-27(25,26)11-17(16)22/h4-5,8-9,16-17H,6-7,10-11H2,1-3H3/t16-,17+/m1/s1. The molecular weight excluding hydrogens is 366 g/mol. The second kappa shape index (κ2) is 6.17. The number of nitrogens with zero attached hydrogens (tertiary/aromatic N) is 3. The van der Waals surface area contributed by atoms with E-state index < -0.39 is 15.9 Å². The lowest BCUT2D eigenvalue weighted by Gasteiger charge is -2.42. The highest BCUT2D eigenvalue weighted by Crippen LogP contribution is 2.27. The molecule has 7 nitrogen and oxygen atoms in total. The summed E-state index contributed by atoms with van der Waals surface area (Å²) < 4.78 is 26.1. The van der Waals surface area contributed by atoms with Crippen molar-refractivity contribution in [2.75, 3.05) is 31.6 Å². The van der Waals surface area contributed by atoms with Gasteiger partial charge in [0.2, 0.25) is 5.43 Å². The fraction of sp³-hybridized carbons (Fsp3) is 0.474. The first-order valence-electron chi connectivity index (χ1n) is 8.99. The zero-order chi connectivity index (χ0) is 19.5. The van der Waals surface area contributed by atoms with Crippen molar-refractivity contribution in [3.05, 3.63) is 45.7 Å². The van der Waals surface area contributed by atoms with Crippen molar-refractivity contribution < 1.29 is 13.2 Å². The van der Waals surface area contributed by atoms with Crippen molar-refractivity contribution in [1.29, 1.82) is 0 Å². The van der Waals surface area contributed by atoms with Gasteiger partial charge in [-0.3, -0.25) is 14.5 Å². The summed E-state index contributed by atoms with van der Waals surface area (Å²) in [6, 6.07) is 4.98. The average Bonchev–Trinajstić information content (AvgIpc) is 2.94. The Balaban J connectivity index is 1.79. The minimum absolute atomic E-state index is 0.0409. The number of hydrogen-bond acceptors (Lipinski definition) is 5. The normalized spacial score (nSPS) is 24.9. The summed E-state index contributed by atoms with van der Waals surface area (Å²) in [5.41, 5.74) is 1.52. The Bertz CT molecular complexity index is 1110. The average molecular weight is 389 g/mol. The Morgan fingerprint density at radius 2 is 1.81 bits per heavy atom. The fourth-order valence-corrected chi connectivity index (χ4v) is 6.35. The van der Waals surface area contributed by atoms with E-state index in [0.29, 0.717) is 18.5 Å². The number of rotatable bonds is 1. The van der Waals surface area contributed by atoms with Gasteiger partial charge in [-0.15, -0.1) is 0 Å². The number of aromatic nitrogens is 1. The van der Waals surface area contributed by atoms with E-state index in [0.717, 1.165) is 11.1 Å². The lowest BCUT2D eigenvalue weighted by Crippen LogP contribution is -2.59. The largest absolute Gasteiger partial charge is 0.350 e. The van der Waals surface area contributed by atoms with Gasteiger partial charge < -0.3 is 9.47 Å². The fourth-order valence-electron chi connectivity index (χ4n) is 4.29. The Hall–Kier alpha value is -2.19. The molecule has 0 spiro atoms. The molecule has 0 aliphatic carbocycles. The van der Waals surface area contributed by atoms with Crippen LogP contribution in [-0.2, 0) is 16.9 Å². The number of likely N-dealkylation sites (N-methyl/N-ethyl adjacent to an activating group) is 1. The summed E-state index contributed by atoms with van der Waals surface area (Å²) in [5, 5.41) is 0.507. The second-order valence-electron chi connectivity index (χ2n) is 7.69. The highest BCUT2D eigenvalue weighted by atomic mass is 32.2. The first-order chi connectivity index (χ1) is 12.7. The Morgan fingerprint density at radius 1 is 1.11 bits per heavy atom. The van der Waals surface area contributed by atoms with Gasteiger partial charge in [-0.25, -0.2) is 8.42 Å². The number of fused-ring (bicyclic) bond motifs is 2. The van der Waals surface area contributed by atoms with E-state index in [1.165, 1.54) is 0 Å². The van der Waals surface area contributed by atoms with Crippen molar-refractivity contribution in [2.45, 2.75) is 19.0 Å². The summed E-state index contributed by atoms with van der Waals surface area (Å²) in [6.07, 6.45) is 1.57. The van der Waals surface area contributed by atoms with Crippen molar-refractivity contribution >= 4 is 26.6 Å². The van der Waals surface area contributed by atoms with Crippen molar-refractivity contribution in [3.8, 4) is 0 Å². The van der Waals surface area contributed by atoms with Crippen LogP contribution >= 0.6 is 0 Å². The van der Waals surface area contributed by atoms with E-state index in [1.807, 2.05) is 31.0 Å². The molecule has 3 heterocycles. The molecule has 2 fully saturated rings. The first-order valence-corrected chi connectivity index (χ1v) is 10.8. The molecule has 1 amide bonds. The molecule has 4 rings (SSSR count). The molecule has 2 saturated heterocycles.